The molecule has 4 heterocycles. The largest absolute Gasteiger partial charge is 0.464 e. The molecule has 0 radical (unpaired) electrons. The Hall–Kier alpha value is -10.4. The summed E-state index contributed by atoms with van der Waals surface area (Å²) in [6.45, 7) is 33.5. The molecule has 2 N–H and O–H groups in total. The van der Waals surface area contributed by atoms with Crippen molar-refractivity contribution in [3.05, 3.63) is 166 Å². The summed E-state index contributed by atoms with van der Waals surface area (Å²) in [5.74, 6) is -4.98. The van der Waals surface area contributed by atoms with Gasteiger partial charge in [0.25, 0.3) is 23.6 Å². The Kier molecular flexibility index (Phi) is 20.5. The summed E-state index contributed by atoms with van der Waals surface area (Å²) in [5.41, 5.74) is 2.68. The van der Waals surface area contributed by atoms with Crippen LogP contribution in [-0.2, 0) is 59.8 Å². The maximum absolute atomic E-state index is 16.4. The molecule has 4 atom stereocenters. The van der Waals surface area contributed by atoms with Crippen LogP contribution in [-0.4, -0.2) is 121 Å². The average Bonchev–Trinajstić information content (AvgIpc) is 0.950. The van der Waals surface area contributed by atoms with Crippen molar-refractivity contribution in [2.24, 2.45) is 11.8 Å². The summed E-state index contributed by atoms with van der Waals surface area (Å²) in [4.78, 5) is 123. The molecule has 9 aromatic rings. The van der Waals surface area contributed by atoms with E-state index < -0.39 is 47.7 Å². The van der Waals surface area contributed by atoms with Gasteiger partial charge in [0.15, 0.2) is 0 Å². The zero-order valence-corrected chi connectivity index (χ0v) is 64.5. The molecule has 20 heteroatoms. The number of hydrogen-bond acceptors (Lipinski definition) is 16. The van der Waals surface area contributed by atoms with Gasteiger partial charge in [-0.3, -0.25) is 38.6 Å². The molecule has 6 amide bonds. The molecule has 4 aliphatic heterocycles. The van der Waals surface area contributed by atoms with E-state index in [2.05, 4.69) is 93.7 Å². The maximum atomic E-state index is 16.4. The Morgan fingerprint density at radius 1 is 0.389 bits per heavy atom. The lowest BCUT2D eigenvalue weighted by Gasteiger charge is -2.36. The number of epoxide rings is 2. The highest BCUT2D eigenvalue weighted by Gasteiger charge is 2.47. The second-order valence-corrected chi connectivity index (χ2v) is 33.8. The first-order chi connectivity index (χ1) is 51.0. The summed E-state index contributed by atoms with van der Waals surface area (Å²) in [5, 5.41) is 7.40. The number of carbonyl (C=O) groups excluding carboxylic acids is 8. The molecule has 0 saturated carbocycles. The standard InChI is InChI=1S/C88H96N4O16/c1-47(2)37-63(83(99)101-35-33-69(93)89-43-57-45-103-57)91-79(95)59-39-65(105-53-25-17-49(18-26-53)85(5,6)7)73-75-67(107-55-29-21-51(22-30-55)87(11,12)13)41-61-72-62(82(98)92(81(61)97)64(38-48(3)4)84(100)102-36-34-70(94)90-44-58-46-104-58)42-68(108-56-31-23-52(24-32-56)88(14,15)16)76(78(72)75)74-66(40-60(80(91)96)71(59)77(73)74)106-54-27-19-50(20-28-54)86(8,9)10/h17-32,39-42,47-48,57-58,63-64H,33-38,43-46H2,1-16H3,(H,89,93)(H,90,94). The molecule has 13 rings (SSSR count). The average molecular weight is 1470 g/mol. The molecule has 564 valence electrons. The number of benzene rings is 9. The first-order valence-corrected chi connectivity index (χ1v) is 37.4. The van der Waals surface area contributed by atoms with E-state index in [1.807, 2.05) is 125 Å². The second-order valence-electron chi connectivity index (χ2n) is 33.8. The van der Waals surface area contributed by atoms with E-state index in [0.717, 1.165) is 32.1 Å². The molecule has 4 unspecified atom stereocenters. The minimum Gasteiger partial charge on any atom is -0.464 e. The van der Waals surface area contributed by atoms with Crippen molar-refractivity contribution in [2.45, 2.75) is 182 Å². The highest BCUT2D eigenvalue weighted by Crippen LogP contribution is 2.58. The minimum absolute atomic E-state index is 0.0259. The summed E-state index contributed by atoms with van der Waals surface area (Å²) in [6, 6.07) is 33.4. The Morgan fingerprint density at radius 2 is 0.630 bits per heavy atom. The van der Waals surface area contributed by atoms with Crippen molar-refractivity contribution in [1.82, 2.24) is 20.4 Å². The highest BCUT2D eigenvalue weighted by molar-refractivity contribution is 6.45. The lowest BCUT2D eigenvalue weighted by molar-refractivity contribution is -0.150. The number of hydrogen-bond donors (Lipinski definition) is 2. The molecule has 108 heavy (non-hydrogen) atoms. The van der Waals surface area contributed by atoms with Gasteiger partial charge in [0.05, 0.1) is 60.5 Å². The normalized spacial score (nSPS) is 16.4. The van der Waals surface area contributed by atoms with Crippen molar-refractivity contribution in [2.75, 3.05) is 39.5 Å². The molecule has 2 saturated heterocycles. The third-order valence-electron chi connectivity index (χ3n) is 20.3. The molecule has 0 spiro atoms. The Balaban J connectivity index is 1.14. The zero-order chi connectivity index (χ0) is 77.4. The van der Waals surface area contributed by atoms with Crippen LogP contribution in [0.25, 0.3) is 43.1 Å². The zero-order valence-electron chi connectivity index (χ0n) is 64.5. The number of amides is 6. The molecule has 20 nitrogen and oxygen atoms in total. The topological polar surface area (TPSA) is 248 Å². The first-order valence-electron chi connectivity index (χ1n) is 37.4. The summed E-state index contributed by atoms with van der Waals surface area (Å²) < 4.78 is 51.6. The van der Waals surface area contributed by atoms with E-state index >= 15 is 19.2 Å². The van der Waals surface area contributed by atoms with Crippen LogP contribution in [0.5, 0.6) is 46.0 Å². The van der Waals surface area contributed by atoms with Crippen LogP contribution in [0.3, 0.4) is 0 Å². The van der Waals surface area contributed by atoms with E-state index in [0.29, 0.717) is 49.3 Å². The SMILES string of the molecule is CC(C)CC(C(=O)OCCC(=O)NCC1CO1)N1C(=O)c2cc(Oc3ccc(C(C)(C)C)cc3)c3c4c(Oc5ccc(C(C)(C)C)cc5)cc5c6c(cc(Oc7ccc(C(C)(C)C)cc7)c(c7c(Oc8ccc(C(C)(C)C)cc8)cc(c2c37)C1=O)c64)C(=O)N(C(CC(C)C)C(=O)OCCC(=O)NCC1CO1)C5=O. The number of imide groups is 2. The number of ether oxygens (including phenoxy) is 8. The molecule has 4 aliphatic rings. The predicted molar refractivity (Wildman–Crippen MR) is 413 cm³/mol. The summed E-state index contributed by atoms with van der Waals surface area (Å²) in [7, 11) is 0. The van der Waals surface area contributed by atoms with Gasteiger partial charge in [-0.2, -0.15) is 0 Å². The molecule has 9 aromatic carbocycles. The molecule has 2 fully saturated rings. The fourth-order valence-corrected chi connectivity index (χ4v) is 14.2. The second kappa shape index (κ2) is 29.3. The molecule has 0 aliphatic carbocycles. The van der Waals surface area contributed by atoms with Gasteiger partial charge >= 0.3 is 11.9 Å². The van der Waals surface area contributed by atoms with Crippen molar-refractivity contribution >= 4 is 90.5 Å². The van der Waals surface area contributed by atoms with E-state index in [-0.39, 0.29) is 185 Å². The molecule has 0 bridgehead atoms. The van der Waals surface area contributed by atoms with Gasteiger partial charge in [0, 0.05) is 56.2 Å². The maximum Gasteiger partial charge on any atom is 0.329 e. The number of esters is 2. The van der Waals surface area contributed by atoms with Gasteiger partial charge in [-0.05, 0) is 141 Å². The van der Waals surface area contributed by atoms with E-state index in [9.17, 15) is 19.2 Å². The summed E-state index contributed by atoms with van der Waals surface area (Å²) in [6.07, 6.45) is -0.594. The predicted octanol–water partition coefficient (Wildman–Crippen LogP) is 17.0. The third kappa shape index (κ3) is 15.7. The van der Waals surface area contributed by atoms with Crippen LogP contribution in [0.4, 0.5) is 0 Å². The number of nitrogens with zero attached hydrogens (tertiary/aromatic N) is 2. The van der Waals surface area contributed by atoms with Crippen LogP contribution < -0.4 is 29.6 Å². The number of fused-ring (bicyclic) bond motifs is 2. The Morgan fingerprint density at radius 3 is 0.843 bits per heavy atom. The molecule has 0 aromatic heterocycles. The minimum atomic E-state index is -1.51. The smallest absolute Gasteiger partial charge is 0.329 e. The van der Waals surface area contributed by atoms with Crippen LogP contribution >= 0.6 is 0 Å². The quantitative estimate of drug-likeness (QED) is 0.0168. The molecular formula is C88H96N4O16. The van der Waals surface area contributed by atoms with E-state index in [1.165, 1.54) is 0 Å². The Bertz CT molecular complexity index is 4480. The summed E-state index contributed by atoms with van der Waals surface area (Å²) >= 11 is 0. The third-order valence-corrected chi connectivity index (χ3v) is 20.3. The van der Waals surface area contributed by atoms with Crippen LogP contribution in [0.15, 0.2) is 121 Å². The van der Waals surface area contributed by atoms with Gasteiger partial charge in [-0.15, -0.1) is 0 Å². The number of carbonyl (C=O) groups is 8. The van der Waals surface area contributed by atoms with E-state index in [4.69, 9.17) is 37.9 Å². The lowest BCUT2D eigenvalue weighted by atomic mass is 9.80. The lowest BCUT2D eigenvalue weighted by Crippen LogP contribution is -2.51. The van der Waals surface area contributed by atoms with Gasteiger partial charge in [-0.1, -0.05) is 159 Å². The fraction of sp³-hybridized carbons (Fsp3) is 0.409. The number of rotatable bonds is 26. The van der Waals surface area contributed by atoms with Crippen molar-refractivity contribution in [3.63, 3.8) is 0 Å². The number of nitrogens with one attached hydrogen (secondary N) is 2. The Labute approximate surface area is 629 Å². The van der Waals surface area contributed by atoms with Gasteiger partial charge < -0.3 is 48.5 Å². The van der Waals surface area contributed by atoms with Gasteiger partial charge in [0.1, 0.15) is 71.3 Å². The highest BCUT2D eigenvalue weighted by atomic mass is 16.6. The van der Waals surface area contributed by atoms with E-state index in [1.54, 1.807) is 24.3 Å². The fourth-order valence-electron chi connectivity index (χ4n) is 14.2. The van der Waals surface area contributed by atoms with Crippen molar-refractivity contribution < 1.29 is 76.3 Å². The van der Waals surface area contributed by atoms with Crippen LogP contribution in [0.2, 0.25) is 0 Å². The van der Waals surface area contributed by atoms with Crippen LogP contribution in [0, 0.1) is 11.8 Å². The first kappa shape index (κ1) is 75.8. The van der Waals surface area contributed by atoms with Crippen molar-refractivity contribution in [3.8, 4) is 46.0 Å². The molecular weight excluding hydrogens is 1370 g/mol. The van der Waals surface area contributed by atoms with Crippen molar-refractivity contribution in [1.29, 1.82) is 0 Å². The van der Waals surface area contributed by atoms with Gasteiger partial charge in [-0.25, -0.2) is 9.59 Å². The van der Waals surface area contributed by atoms with Crippen LogP contribution in [0.1, 0.15) is 200 Å². The van der Waals surface area contributed by atoms with Gasteiger partial charge in [0.2, 0.25) is 11.8 Å². The monoisotopic (exact) mass is 1460 g/mol.